The molecule has 0 amide bonds. The van der Waals surface area contributed by atoms with Crippen molar-refractivity contribution in [2.45, 2.75) is 107 Å². The molecule has 0 bridgehead atoms. The first-order chi connectivity index (χ1) is 14.1. The van der Waals surface area contributed by atoms with Crippen LogP contribution >= 0.6 is 0 Å². The maximum atomic E-state index is 10.2. The summed E-state index contributed by atoms with van der Waals surface area (Å²) in [5, 5.41) is 17.2. The molecular formula is C22H44Na2O10. The van der Waals surface area contributed by atoms with Gasteiger partial charge in [-0.15, -0.1) is 0 Å². The third-order valence-corrected chi connectivity index (χ3v) is 2.72. The third kappa shape index (κ3) is 108. The Morgan fingerprint density at radius 1 is 0.794 bits per heavy atom. The van der Waals surface area contributed by atoms with Crippen molar-refractivity contribution in [2.24, 2.45) is 0 Å². The van der Waals surface area contributed by atoms with Crippen LogP contribution in [0.15, 0.2) is 12.8 Å². The van der Waals surface area contributed by atoms with E-state index in [1.807, 2.05) is 34.6 Å². The van der Waals surface area contributed by atoms with E-state index in [2.05, 4.69) is 11.3 Å². The van der Waals surface area contributed by atoms with Gasteiger partial charge in [0.15, 0.2) is 0 Å². The van der Waals surface area contributed by atoms with Crippen LogP contribution in [0.1, 0.15) is 88.5 Å². The molecule has 0 saturated heterocycles. The van der Waals surface area contributed by atoms with Crippen LogP contribution in [-0.2, 0) is 33.4 Å². The van der Waals surface area contributed by atoms with Crippen molar-refractivity contribution in [1.82, 2.24) is 0 Å². The van der Waals surface area contributed by atoms with Gasteiger partial charge in [0.2, 0.25) is 0 Å². The summed E-state index contributed by atoms with van der Waals surface area (Å²) in [5.41, 5.74) is 0. The first-order valence-electron chi connectivity index (χ1n) is 10.1. The van der Waals surface area contributed by atoms with Crippen molar-refractivity contribution >= 4 is 23.9 Å². The largest absolute Gasteiger partial charge is 1.00 e. The number of aliphatic hydroxyl groups excluding tert-OH is 1. The molecule has 34 heavy (non-hydrogen) atoms. The summed E-state index contributed by atoms with van der Waals surface area (Å²) in [6.45, 7) is 19.7. The van der Waals surface area contributed by atoms with Gasteiger partial charge in [0, 0.05) is 26.7 Å². The van der Waals surface area contributed by atoms with Crippen molar-refractivity contribution in [2.75, 3.05) is 0 Å². The van der Waals surface area contributed by atoms with Gasteiger partial charge < -0.3 is 34.7 Å². The smallest absolute Gasteiger partial charge is 0.870 e. The minimum atomic E-state index is -1.08. The number of carbonyl (C=O) groups excluding carboxylic acids is 4. The standard InChI is InChI=1S/2C6H12O2.C4H6O2.C4H10O.C2H4O2.2Na.H2O/c2*1-4-5(2)8-6(3)7;1-3-6-4(2)5;1-3-4(2)5;1-2(3)4;;;/h2*5H,4H2,1-3H3;3H,1H2,2H3;4-5H,3H2,1-2H3;1H3,(H,3,4);;;1H2/q;;;;;2*+1;/p-2. The summed E-state index contributed by atoms with van der Waals surface area (Å²) in [7, 11) is 0. The Hall–Kier alpha value is -0.460. The Morgan fingerprint density at radius 3 is 1.06 bits per heavy atom. The second-order valence-corrected chi connectivity index (χ2v) is 6.18. The number of carbonyl (C=O) groups is 4. The van der Waals surface area contributed by atoms with Gasteiger partial charge in [-0.2, -0.15) is 0 Å². The summed E-state index contributed by atoms with van der Waals surface area (Å²) in [6.07, 6.45) is 3.77. The number of carboxylic acid groups (broad SMARTS) is 1. The van der Waals surface area contributed by atoms with E-state index in [0.29, 0.717) is 0 Å². The predicted molar refractivity (Wildman–Crippen MR) is 120 cm³/mol. The van der Waals surface area contributed by atoms with Crippen LogP contribution in [0.3, 0.4) is 0 Å². The van der Waals surface area contributed by atoms with Crippen LogP contribution in [0.4, 0.5) is 0 Å². The fourth-order valence-corrected chi connectivity index (χ4v) is 0.851. The summed E-state index contributed by atoms with van der Waals surface area (Å²) in [5.74, 6) is -1.80. The van der Waals surface area contributed by atoms with E-state index in [4.69, 9.17) is 24.5 Å². The first-order valence-corrected chi connectivity index (χ1v) is 10.1. The molecule has 3 unspecified atom stereocenters. The maximum absolute atomic E-state index is 10.2. The van der Waals surface area contributed by atoms with Gasteiger partial charge >= 0.3 is 77.0 Å². The number of rotatable bonds is 6. The van der Waals surface area contributed by atoms with Gasteiger partial charge in [0.1, 0.15) is 0 Å². The molecule has 0 aliphatic rings. The number of esters is 3. The third-order valence-electron chi connectivity index (χ3n) is 2.72. The quantitative estimate of drug-likeness (QED) is 0.164. The van der Waals surface area contributed by atoms with Crippen molar-refractivity contribution in [3.8, 4) is 0 Å². The summed E-state index contributed by atoms with van der Waals surface area (Å²) >= 11 is 0. The van der Waals surface area contributed by atoms with Crippen LogP contribution in [-0.4, -0.2) is 52.8 Å². The molecule has 12 heteroatoms. The minimum absolute atomic E-state index is 0. The van der Waals surface area contributed by atoms with Gasteiger partial charge in [0.05, 0.1) is 24.6 Å². The molecule has 3 atom stereocenters. The van der Waals surface area contributed by atoms with E-state index < -0.39 is 5.97 Å². The van der Waals surface area contributed by atoms with Gasteiger partial charge in [0.25, 0.3) is 0 Å². The topological polar surface area (TPSA) is 169 Å². The van der Waals surface area contributed by atoms with Crippen LogP contribution in [0.2, 0.25) is 0 Å². The van der Waals surface area contributed by atoms with Crippen molar-refractivity contribution in [1.29, 1.82) is 0 Å². The minimum Gasteiger partial charge on any atom is -0.870 e. The Balaban J connectivity index is -0.0000000414. The molecule has 0 heterocycles. The van der Waals surface area contributed by atoms with E-state index in [1.54, 1.807) is 6.92 Å². The Morgan fingerprint density at radius 2 is 1.03 bits per heavy atom. The second kappa shape index (κ2) is 42.7. The Labute approximate surface area is 250 Å². The molecule has 0 radical (unpaired) electrons. The first kappa shape index (κ1) is 54.4. The number of aliphatic hydroxyl groups is 1. The van der Waals surface area contributed by atoms with Crippen molar-refractivity contribution in [3.05, 3.63) is 12.8 Å². The van der Waals surface area contributed by atoms with E-state index >= 15 is 0 Å². The van der Waals surface area contributed by atoms with Crippen LogP contribution in [0.5, 0.6) is 0 Å². The normalized spacial score (nSPS) is 10.2. The van der Waals surface area contributed by atoms with E-state index in [0.717, 1.165) is 32.4 Å². The second-order valence-electron chi connectivity index (χ2n) is 6.18. The van der Waals surface area contributed by atoms with Crippen LogP contribution < -0.4 is 64.2 Å². The van der Waals surface area contributed by atoms with Crippen molar-refractivity contribution < 1.29 is 108 Å². The number of hydrogen-bond acceptors (Lipinski definition) is 10. The van der Waals surface area contributed by atoms with E-state index in [-0.39, 0.29) is 101 Å². The zero-order chi connectivity index (χ0) is 26.0. The number of hydrogen-bond donors (Lipinski definition) is 1. The van der Waals surface area contributed by atoms with E-state index in [1.165, 1.54) is 20.8 Å². The molecule has 0 aliphatic heterocycles. The molecule has 194 valence electrons. The molecule has 0 aliphatic carbocycles. The van der Waals surface area contributed by atoms with Gasteiger partial charge in [-0.3, -0.25) is 14.4 Å². The molecule has 10 nitrogen and oxygen atoms in total. The number of carboxylic acids is 1. The zero-order valence-electron chi connectivity index (χ0n) is 23.3. The number of aliphatic carboxylic acids is 1. The zero-order valence-corrected chi connectivity index (χ0v) is 27.3. The van der Waals surface area contributed by atoms with E-state index in [9.17, 15) is 14.4 Å². The monoisotopic (exact) mass is 514 g/mol. The summed E-state index contributed by atoms with van der Waals surface area (Å²) in [4.78, 5) is 39.0. The van der Waals surface area contributed by atoms with Gasteiger partial charge in [-0.1, -0.05) is 27.4 Å². The summed E-state index contributed by atoms with van der Waals surface area (Å²) in [6, 6.07) is 0. The molecule has 2 N–H and O–H groups in total. The fourth-order valence-electron chi connectivity index (χ4n) is 0.851. The van der Waals surface area contributed by atoms with Crippen molar-refractivity contribution in [3.63, 3.8) is 0 Å². The van der Waals surface area contributed by atoms with Gasteiger partial charge in [-0.25, -0.2) is 0 Å². The molecular weight excluding hydrogens is 470 g/mol. The maximum Gasteiger partial charge on any atom is 1.00 e. The number of ether oxygens (including phenoxy) is 3. The summed E-state index contributed by atoms with van der Waals surface area (Å²) < 4.78 is 13.7. The molecule has 0 aromatic heterocycles. The SMILES string of the molecule is C=COC(C)=O.CC(=O)[O-].CCC(C)O.CCC(C)OC(C)=O.CCC(C)OC(C)=O.[Na+].[Na+].[OH-]. The average molecular weight is 515 g/mol. The molecule has 0 aromatic carbocycles. The fraction of sp³-hybridized carbons (Fsp3) is 0.727. The molecule has 0 rings (SSSR count). The molecule has 0 saturated carbocycles. The van der Waals surface area contributed by atoms with Crippen LogP contribution in [0, 0.1) is 0 Å². The average Bonchev–Trinajstić information content (AvgIpc) is 2.61. The molecule has 0 aromatic rings. The molecule has 0 fully saturated rings. The van der Waals surface area contributed by atoms with Crippen LogP contribution in [0.25, 0.3) is 0 Å². The predicted octanol–water partition coefficient (Wildman–Crippen LogP) is -3.25. The van der Waals surface area contributed by atoms with Gasteiger partial charge in [-0.05, 0) is 47.0 Å². The Kier molecular flexibility index (Phi) is 68.3. The molecule has 0 spiro atoms. The Bertz CT molecular complexity index is 447.